The summed E-state index contributed by atoms with van der Waals surface area (Å²) in [5, 5.41) is 11.9. The topological polar surface area (TPSA) is 118 Å². The average molecular weight is 624 g/mol. The maximum absolute atomic E-state index is 12.0. The van der Waals surface area contributed by atoms with Crippen molar-refractivity contribution in [1.82, 2.24) is 19.5 Å². The number of nitrogen functional groups attached to an aromatic ring is 1. The molecule has 3 aromatic carbocycles. The normalized spacial score (nSPS) is 20.9. The van der Waals surface area contributed by atoms with Gasteiger partial charge in [0.2, 0.25) is 0 Å². The molecule has 2 aromatic heterocycles. The summed E-state index contributed by atoms with van der Waals surface area (Å²) in [4.78, 5) is 13.0. The van der Waals surface area contributed by atoms with Crippen molar-refractivity contribution in [1.29, 1.82) is 0 Å². The van der Waals surface area contributed by atoms with Gasteiger partial charge in [0, 0.05) is 0 Å². The minimum absolute atomic E-state index is 0.0808. The zero-order valence-electron chi connectivity index (χ0n) is 26.4. The number of ether oxygens (including phenoxy) is 2. The fourth-order valence-corrected chi connectivity index (χ4v) is 7.05. The van der Waals surface area contributed by atoms with Crippen molar-refractivity contribution in [3.05, 3.63) is 120 Å². The van der Waals surface area contributed by atoms with Gasteiger partial charge in [0.1, 0.15) is 35.8 Å². The molecule has 1 aliphatic rings. The summed E-state index contributed by atoms with van der Waals surface area (Å²) in [6, 6.07) is 30.5. The van der Waals surface area contributed by atoms with E-state index in [1.54, 1.807) is 10.9 Å². The molecule has 10 heteroatoms. The van der Waals surface area contributed by atoms with Crippen LogP contribution in [0.4, 0.5) is 5.82 Å². The second kappa shape index (κ2) is 12.1. The van der Waals surface area contributed by atoms with E-state index in [4.69, 9.17) is 19.6 Å². The van der Waals surface area contributed by atoms with E-state index in [1.165, 1.54) is 6.33 Å². The molecule has 0 aliphatic carbocycles. The van der Waals surface area contributed by atoms with Crippen molar-refractivity contribution in [2.24, 2.45) is 0 Å². The van der Waals surface area contributed by atoms with Gasteiger partial charge in [-0.05, 0) is 34.8 Å². The van der Waals surface area contributed by atoms with Gasteiger partial charge in [0.05, 0.1) is 12.9 Å². The van der Waals surface area contributed by atoms with Crippen molar-refractivity contribution in [3.8, 4) is 0 Å². The van der Waals surface area contributed by atoms with Gasteiger partial charge in [-0.15, -0.1) is 0 Å². The third-order valence-corrected chi connectivity index (χ3v) is 13.7. The summed E-state index contributed by atoms with van der Waals surface area (Å²) in [6.45, 7) is 10.9. The van der Waals surface area contributed by atoms with E-state index < -0.39 is 38.5 Å². The zero-order valence-corrected chi connectivity index (χ0v) is 27.4. The van der Waals surface area contributed by atoms with Crippen LogP contribution in [0.2, 0.25) is 18.1 Å². The average Bonchev–Trinajstić information content (AvgIpc) is 3.60. The largest absolute Gasteiger partial charge is 0.407 e. The van der Waals surface area contributed by atoms with E-state index in [0.29, 0.717) is 11.2 Å². The quantitative estimate of drug-likeness (QED) is 0.150. The first-order valence-corrected chi connectivity index (χ1v) is 18.2. The molecule has 1 fully saturated rings. The van der Waals surface area contributed by atoms with Crippen LogP contribution in [-0.2, 0) is 19.5 Å². The smallest absolute Gasteiger partial charge is 0.192 e. The zero-order chi connectivity index (χ0) is 31.8. The van der Waals surface area contributed by atoms with Crippen LogP contribution in [-0.4, -0.2) is 57.9 Å². The van der Waals surface area contributed by atoms with E-state index in [1.807, 2.05) is 54.6 Å². The van der Waals surface area contributed by atoms with E-state index in [0.717, 1.165) is 16.7 Å². The van der Waals surface area contributed by atoms with Crippen molar-refractivity contribution in [3.63, 3.8) is 0 Å². The number of hydrogen-bond donors (Lipinski definition) is 2. The van der Waals surface area contributed by atoms with E-state index in [2.05, 4.69) is 85.2 Å². The van der Waals surface area contributed by atoms with Gasteiger partial charge in [0.25, 0.3) is 0 Å². The molecule has 0 saturated carbocycles. The lowest BCUT2D eigenvalue weighted by Gasteiger charge is -2.40. The van der Waals surface area contributed by atoms with E-state index in [9.17, 15) is 5.11 Å². The van der Waals surface area contributed by atoms with Crippen molar-refractivity contribution in [2.75, 3.05) is 12.3 Å². The highest BCUT2D eigenvalue weighted by molar-refractivity contribution is 6.74. The maximum atomic E-state index is 12.0. The Morgan fingerprint density at radius 2 is 1.38 bits per heavy atom. The van der Waals surface area contributed by atoms with Crippen molar-refractivity contribution in [2.45, 2.75) is 69.0 Å². The predicted molar refractivity (Wildman–Crippen MR) is 177 cm³/mol. The highest BCUT2D eigenvalue weighted by Crippen LogP contribution is 2.45. The molecule has 6 rings (SSSR count). The predicted octanol–water partition coefficient (Wildman–Crippen LogP) is 6.07. The number of aromatic nitrogens is 4. The molecule has 5 aromatic rings. The molecule has 4 atom stereocenters. The number of aliphatic hydroxyl groups excluding tert-OH is 1. The fraction of sp³-hybridized carbons (Fsp3) is 0.343. The van der Waals surface area contributed by atoms with E-state index >= 15 is 0 Å². The Hall–Kier alpha value is -3.93. The standard InChI is InChI=1S/C35H41N5O4Si/c1-34(2,3)45(4,5)44-30-29(41)27(43-33(30)40-23-39-28-31(36)37-22-38-32(28)40)21-42-35(24-15-9-6-10-16-24,25-17-11-7-12-18-25)26-19-13-8-14-20-26/h6-20,22-23,27,29-30,33,41H,21H2,1-5H3,(H2,36,37,38)/t27-,29-,30-,33-/m1/s1. The lowest BCUT2D eigenvalue weighted by atomic mass is 9.80. The van der Waals surface area contributed by atoms with Crippen LogP contribution in [0.5, 0.6) is 0 Å². The first kappa shape index (κ1) is 31.1. The summed E-state index contributed by atoms with van der Waals surface area (Å²) in [6.07, 6.45) is -0.119. The van der Waals surface area contributed by atoms with Gasteiger partial charge < -0.3 is 24.7 Å². The highest BCUT2D eigenvalue weighted by Gasteiger charge is 2.51. The number of benzene rings is 3. The number of anilines is 1. The lowest BCUT2D eigenvalue weighted by Crippen LogP contribution is -2.49. The SMILES string of the molecule is CC(C)(C)[Si](C)(C)O[C@@H]1[C@H](O)[C@@H](COC(c2ccccc2)(c2ccccc2)c2ccccc2)O[C@H]1n1cnc2c(N)ncnc21. The van der Waals surface area contributed by atoms with Crippen LogP contribution in [0.15, 0.2) is 104 Å². The number of aliphatic hydroxyl groups is 1. The molecule has 1 saturated heterocycles. The lowest BCUT2D eigenvalue weighted by molar-refractivity contribution is -0.0940. The Bertz CT molecular complexity index is 1630. The molecule has 0 unspecified atom stereocenters. The van der Waals surface area contributed by atoms with Crippen LogP contribution in [0.25, 0.3) is 11.2 Å². The molecule has 9 nitrogen and oxygen atoms in total. The van der Waals surface area contributed by atoms with Gasteiger partial charge in [-0.3, -0.25) is 4.57 Å². The van der Waals surface area contributed by atoms with Crippen LogP contribution in [0, 0.1) is 0 Å². The van der Waals surface area contributed by atoms with Crippen LogP contribution in [0.1, 0.15) is 43.7 Å². The van der Waals surface area contributed by atoms with Gasteiger partial charge in [-0.2, -0.15) is 0 Å². The molecule has 0 amide bonds. The molecule has 0 bridgehead atoms. The summed E-state index contributed by atoms with van der Waals surface area (Å²) in [5.74, 6) is 0.275. The second-order valence-electron chi connectivity index (χ2n) is 13.1. The molecule has 3 heterocycles. The number of nitrogens with zero attached hydrogens (tertiary/aromatic N) is 4. The monoisotopic (exact) mass is 623 g/mol. The van der Waals surface area contributed by atoms with Crippen LogP contribution >= 0.6 is 0 Å². The van der Waals surface area contributed by atoms with Gasteiger partial charge >= 0.3 is 0 Å². The molecular weight excluding hydrogens is 583 g/mol. The molecule has 0 radical (unpaired) electrons. The summed E-state index contributed by atoms with van der Waals surface area (Å²) < 4.78 is 22.4. The number of imidazole rings is 1. The third-order valence-electron chi connectivity index (χ3n) is 9.22. The highest BCUT2D eigenvalue weighted by atomic mass is 28.4. The Morgan fingerprint density at radius 1 is 0.844 bits per heavy atom. The molecule has 45 heavy (non-hydrogen) atoms. The summed E-state index contributed by atoms with van der Waals surface area (Å²) in [5.41, 5.74) is 9.03. The first-order chi connectivity index (χ1) is 21.5. The Balaban J connectivity index is 1.41. The maximum Gasteiger partial charge on any atom is 0.192 e. The van der Waals surface area contributed by atoms with Crippen molar-refractivity contribution < 1.29 is 19.0 Å². The summed E-state index contributed by atoms with van der Waals surface area (Å²) in [7, 11) is -2.36. The fourth-order valence-electron chi connectivity index (χ4n) is 5.76. The number of nitrogens with two attached hydrogens (primary N) is 1. The molecule has 1 aliphatic heterocycles. The minimum Gasteiger partial charge on any atom is -0.407 e. The molecule has 0 spiro atoms. The molecule has 234 valence electrons. The summed E-state index contributed by atoms with van der Waals surface area (Å²) >= 11 is 0. The molecular formula is C35H41N5O4Si. The second-order valence-corrected chi connectivity index (χ2v) is 17.8. The minimum atomic E-state index is -2.36. The number of rotatable bonds is 9. The van der Waals surface area contributed by atoms with Crippen LogP contribution < -0.4 is 5.73 Å². The Morgan fingerprint density at radius 3 is 1.89 bits per heavy atom. The van der Waals surface area contributed by atoms with Crippen LogP contribution in [0.3, 0.4) is 0 Å². The van der Waals surface area contributed by atoms with Crippen molar-refractivity contribution >= 4 is 25.3 Å². The van der Waals surface area contributed by atoms with Gasteiger partial charge in [-0.25, -0.2) is 15.0 Å². The Kier molecular flexibility index (Phi) is 8.36. The first-order valence-electron chi connectivity index (χ1n) is 15.3. The van der Waals surface area contributed by atoms with E-state index in [-0.39, 0.29) is 17.5 Å². The number of fused-ring (bicyclic) bond motifs is 1. The molecule has 3 N–H and O–H groups in total. The third kappa shape index (κ3) is 5.68. The number of hydrogen-bond acceptors (Lipinski definition) is 8. The Labute approximate surface area is 265 Å². The van der Waals surface area contributed by atoms with Gasteiger partial charge in [0.15, 0.2) is 26.0 Å². The van der Waals surface area contributed by atoms with Gasteiger partial charge in [-0.1, -0.05) is 112 Å².